The minimum Gasteiger partial charge on any atom is -0.494 e. The molecule has 4 heteroatoms. The second-order valence-electron chi connectivity index (χ2n) is 5.60. The Hall–Kier alpha value is -1.22. The van der Waals surface area contributed by atoms with Gasteiger partial charge in [-0.15, -0.1) is 11.6 Å². The Bertz CT molecular complexity index is 587. The molecule has 108 valence electrons. The first kappa shape index (κ1) is 13.7. The van der Waals surface area contributed by atoms with Crippen LogP contribution in [-0.2, 0) is 12.4 Å². The molecule has 0 aliphatic heterocycles. The number of hydrogen-bond acceptors (Lipinski definition) is 2. The summed E-state index contributed by atoms with van der Waals surface area (Å²) in [4.78, 5) is 4.67. The summed E-state index contributed by atoms with van der Waals surface area (Å²) in [5, 5.41) is 0. The Morgan fingerprint density at radius 2 is 2.10 bits per heavy atom. The summed E-state index contributed by atoms with van der Waals surface area (Å²) >= 11 is 6.09. The Balaban J connectivity index is 1.99. The van der Waals surface area contributed by atoms with Gasteiger partial charge in [0.2, 0.25) is 0 Å². The van der Waals surface area contributed by atoms with Gasteiger partial charge in [-0.1, -0.05) is 25.3 Å². The lowest BCUT2D eigenvalue weighted by Gasteiger charge is -2.23. The summed E-state index contributed by atoms with van der Waals surface area (Å²) in [6.07, 6.45) is 6.75. The zero-order valence-electron chi connectivity index (χ0n) is 11.9. The van der Waals surface area contributed by atoms with E-state index in [4.69, 9.17) is 16.3 Å². The average Bonchev–Trinajstić information content (AvgIpc) is 2.86. The van der Waals surface area contributed by atoms with E-state index in [1.54, 1.807) is 7.11 Å². The molecule has 0 amide bonds. The molecule has 1 fully saturated rings. The third-order valence-electron chi connectivity index (χ3n) is 4.33. The molecule has 1 aliphatic rings. The third-order valence-corrected chi connectivity index (χ3v) is 4.56. The highest BCUT2D eigenvalue weighted by Gasteiger charge is 2.19. The van der Waals surface area contributed by atoms with Crippen molar-refractivity contribution >= 4 is 22.6 Å². The number of halogens is 1. The minimum absolute atomic E-state index is 0.449. The molecule has 0 saturated heterocycles. The topological polar surface area (TPSA) is 27.1 Å². The summed E-state index contributed by atoms with van der Waals surface area (Å²) in [7, 11) is 1.69. The van der Waals surface area contributed by atoms with E-state index in [0.29, 0.717) is 5.88 Å². The van der Waals surface area contributed by atoms with Crippen molar-refractivity contribution in [3.05, 3.63) is 24.0 Å². The van der Waals surface area contributed by atoms with E-state index in [2.05, 4.69) is 15.6 Å². The molecule has 0 radical (unpaired) electrons. The second-order valence-corrected chi connectivity index (χ2v) is 5.87. The summed E-state index contributed by atoms with van der Waals surface area (Å²) in [5.74, 6) is 2.99. The molecule has 20 heavy (non-hydrogen) atoms. The maximum atomic E-state index is 6.09. The number of benzene rings is 1. The van der Waals surface area contributed by atoms with Gasteiger partial charge in [-0.05, 0) is 30.9 Å². The zero-order chi connectivity index (χ0) is 13.9. The lowest BCUT2D eigenvalue weighted by atomic mass is 9.89. The molecular weight excluding hydrogens is 272 g/mol. The van der Waals surface area contributed by atoms with E-state index in [1.165, 1.54) is 32.1 Å². The van der Waals surface area contributed by atoms with E-state index in [0.717, 1.165) is 35.1 Å². The standard InChI is InChI=1S/C16H21ClN2O/c1-20-14-9-5-8-13-16(14)18-15(10-17)19(13)11-12-6-3-2-4-7-12/h5,8-9,12H,2-4,6-7,10-11H2,1H3. The van der Waals surface area contributed by atoms with Gasteiger partial charge in [0.15, 0.2) is 0 Å². The molecule has 0 bridgehead atoms. The van der Waals surface area contributed by atoms with Gasteiger partial charge in [0.25, 0.3) is 0 Å². The summed E-state index contributed by atoms with van der Waals surface area (Å²) in [5.41, 5.74) is 2.08. The molecule has 1 heterocycles. The number of rotatable bonds is 4. The van der Waals surface area contributed by atoms with Crippen LogP contribution in [0.5, 0.6) is 5.75 Å². The number of aromatic nitrogens is 2. The average molecular weight is 293 g/mol. The fourth-order valence-corrected chi connectivity index (χ4v) is 3.47. The third kappa shape index (κ3) is 2.51. The van der Waals surface area contributed by atoms with Gasteiger partial charge < -0.3 is 9.30 Å². The van der Waals surface area contributed by atoms with Gasteiger partial charge in [0.1, 0.15) is 17.1 Å². The van der Waals surface area contributed by atoms with Crippen molar-refractivity contribution in [3.63, 3.8) is 0 Å². The minimum atomic E-state index is 0.449. The maximum absolute atomic E-state index is 6.09. The first-order valence-electron chi connectivity index (χ1n) is 7.41. The maximum Gasteiger partial charge on any atom is 0.146 e. The van der Waals surface area contributed by atoms with Crippen LogP contribution < -0.4 is 4.74 Å². The SMILES string of the molecule is COc1cccc2c1nc(CCl)n2CC1CCCCC1. The van der Waals surface area contributed by atoms with Crippen LogP contribution in [0.1, 0.15) is 37.9 Å². The molecule has 1 aliphatic carbocycles. The number of methoxy groups -OCH3 is 1. The van der Waals surface area contributed by atoms with E-state index >= 15 is 0 Å². The molecule has 3 rings (SSSR count). The molecule has 0 N–H and O–H groups in total. The van der Waals surface area contributed by atoms with Crippen LogP contribution in [-0.4, -0.2) is 16.7 Å². The van der Waals surface area contributed by atoms with Crippen LogP contribution in [0.2, 0.25) is 0 Å². The van der Waals surface area contributed by atoms with Crippen LogP contribution in [0.4, 0.5) is 0 Å². The van der Waals surface area contributed by atoms with Gasteiger partial charge >= 0.3 is 0 Å². The van der Waals surface area contributed by atoms with Gasteiger partial charge in [0, 0.05) is 6.54 Å². The number of nitrogens with zero attached hydrogens (tertiary/aromatic N) is 2. The smallest absolute Gasteiger partial charge is 0.146 e. The summed E-state index contributed by atoms with van der Waals surface area (Å²) < 4.78 is 7.70. The molecule has 0 unspecified atom stereocenters. The fourth-order valence-electron chi connectivity index (χ4n) is 3.27. The van der Waals surface area contributed by atoms with Gasteiger partial charge in [-0.3, -0.25) is 0 Å². The molecule has 1 aromatic carbocycles. The molecule has 3 nitrogen and oxygen atoms in total. The number of para-hydroxylation sites is 1. The Morgan fingerprint density at radius 1 is 1.30 bits per heavy atom. The Kier molecular flexibility index (Phi) is 4.16. The van der Waals surface area contributed by atoms with Crippen molar-refractivity contribution in [2.45, 2.75) is 44.5 Å². The number of hydrogen-bond donors (Lipinski definition) is 0. The van der Waals surface area contributed by atoms with Crippen LogP contribution in [0.25, 0.3) is 11.0 Å². The van der Waals surface area contributed by atoms with E-state index in [-0.39, 0.29) is 0 Å². The number of imidazole rings is 1. The van der Waals surface area contributed by atoms with Crippen LogP contribution in [0.15, 0.2) is 18.2 Å². The van der Waals surface area contributed by atoms with Gasteiger partial charge in [0.05, 0.1) is 18.5 Å². The number of ether oxygens (including phenoxy) is 1. The molecular formula is C16H21ClN2O. The summed E-state index contributed by atoms with van der Waals surface area (Å²) in [6, 6.07) is 6.10. The first-order valence-corrected chi connectivity index (χ1v) is 7.95. The molecule has 1 saturated carbocycles. The van der Waals surface area contributed by atoms with Crippen molar-refractivity contribution in [2.24, 2.45) is 5.92 Å². The lowest BCUT2D eigenvalue weighted by molar-refractivity contribution is 0.320. The zero-order valence-corrected chi connectivity index (χ0v) is 12.7. The van der Waals surface area contributed by atoms with Crippen molar-refractivity contribution < 1.29 is 4.74 Å². The highest BCUT2D eigenvalue weighted by molar-refractivity contribution is 6.16. The fraction of sp³-hybridized carbons (Fsp3) is 0.562. The largest absolute Gasteiger partial charge is 0.494 e. The van der Waals surface area contributed by atoms with Crippen molar-refractivity contribution in [3.8, 4) is 5.75 Å². The lowest BCUT2D eigenvalue weighted by Crippen LogP contribution is -2.15. The predicted octanol–water partition coefficient (Wildman–Crippen LogP) is 4.36. The molecule has 1 aromatic heterocycles. The highest BCUT2D eigenvalue weighted by atomic mass is 35.5. The Morgan fingerprint density at radius 3 is 2.80 bits per heavy atom. The summed E-state index contributed by atoms with van der Waals surface area (Å²) in [6.45, 7) is 1.03. The normalized spacial score (nSPS) is 16.7. The van der Waals surface area contributed by atoms with E-state index in [1.807, 2.05) is 12.1 Å². The van der Waals surface area contributed by atoms with Gasteiger partial charge in [-0.2, -0.15) is 0 Å². The number of fused-ring (bicyclic) bond motifs is 1. The van der Waals surface area contributed by atoms with Crippen LogP contribution in [0, 0.1) is 5.92 Å². The van der Waals surface area contributed by atoms with E-state index < -0.39 is 0 Å². The highest BCUT2D eigenvalue weighted by Crippen LogP contribution is 2.30. The first-order chi connectivity index (χ1) is 9.83. The van der Waals surface area contributed by atoms with E-state index in [9.17, 15) is 0 Å². The number of alkyl halides is 1. The van der Waals surface area contributed by atoms with Crippen molar-refractivity contribution in [1.82, 2.24) is 9.55 Å². The monoisotopic (exact) mass is 292 g/mol. The molecule has 0 spiro atoms. The quantitative estimate of drug-likeness (QED) is 0.783. The van der Waals surface area contributed by atoms with Crippen molar-refractivity contribution in [1.29, 1.82) is 0 Å². The molecule has 2 aromatic rings. The predicted molar refractivity (Wildman–Crippen MR) is 82.4 cm³/mol. The molecule has 0 atom stereocenters. The Labute approximate surface area is 124 Å². The van der Waals surface area contributed by atoms with Crippen molar-refractivity contribution in [2.75, 3.05) is 7.11 Å². The van der Waals surface area contributed by atoms with Crippen LogP contribution in [0.3, 0.4) is 0 Å². The van der Waals surface area contributed by atoms with Gasteiger partial charge in [-0.25, -0.2) is 4.98 Å². The second kappa shape index (κ2) is 6.04. The van der Waals surface area contributed by atoms with Crippen LogP contribution >= 0.6 is 11.6 Å².